The number of rotatable bonds is 1. The first-order valence-electron chi connectivity index (χ1n) is 4.68. The lowest BCUT2D eigenvalue weighted by Gasteiger charge is -2.23. The highest BCUT2D eigenvalue weighted by molar-refractivity contribution is 7.89. The number of primary sulfonamides is 1. The van der Waals surface area contributed by atoms with Crippen LogP contribution < -0.4 is 5.14 Å². The van der Waals surface area contributed by atoms with Gasteiger partial charge in [0.25, 0.3) is 0 Å². The molecule has 1 aromatic carbocycles. The van der Waals surface area contributed by atoms with Crippen LogP contribution in [0.15, 0.2) is 24.3 Å². The molecule has 3 nitrogen and oxygen atoms in total. The van der Waals surface area contributed by atoms with Crippen LogP contribution >= 0.6 is 0 Å². The van der Waals surface area contributed by atoms with Crippen molar-refractivity contribution < 1.29 is 8.42 Å². The van der Waals surface area contributed by atoms with Crippen molar-refractivity contribution >= 4 is 10.0 Å². The molecule has 0 saturated heterocycles. The Balaban J connectivity index is 2.51. The number of hydrogen-bond donors (Lipinski definition) is 1. The second-order valence-electron chi connectivity index (χ2n) is 3.67. The maximum atomic E-state index is 11.3. The summed E-state index contributed by atoms with van der Waals surface area (Å²) in [5, 5.41) is 4.70. The van der Waals surface area contributed by atoms with E-state index in [1.165, 1.54) is 0 Å². The van der Waals surface area contributed by atoms with Crippen LogP contribution in [0.3, 0.4) is 0 Å². The summed E-state index contributed by atoms with van der Waals surface area (Å²) in [5.41, 5.74) is 2.01. The highest BCUT2D eigenvalue weighted by atomic mass is 32.2. The van der Waals surface area contributed by atoms with E-state index in [2.05, 4.69) is 0 Å². The Labute approximate surface area is 84.0 Å². The molecule has 0 aliphatic heterocycles. The van der Waals surface area contributed by atoms with E-state index in [4.69, 9.17) is 5.14 Å². The SMILES string of the molecule is NS(=O)(=O)C1CCCc2ccccc21. The Morgan fingerprint density at radius 3 is 2.71 bits per heavy atom. The van der Waals surface area contributed by atoms with Crippen molar-refractivity contribution in [1.29, 1.82) is 0 Å². The number of hydrogen-bond acceptors (Lipinski definition) is 2. The highest BCUT2D eigenvalue weighted by Gasteiger charge is 2.28. The first kappa shape index (κ1) is 9.68. The van der Waals surface area contributed by atoms with E-state index in [0.717, 1.165) is 24.0 Å². The summed E-state index contributed by atoms with van der Waals surface area (Å²) in [7, 11) is -3.44. The molecule has 0 heterocycles. The van der Waals surface area contributed by atoms with E-state index in [1.807, 2.05) is 24.3 Å². The molecule has 0 radical (unpaired) electrons. The van der Waals surface area contributed by atoms with Crippen molar-refractivity contribution in [3.8, 4) is 0 Å². The molecule has 2 rings (SSSR count). The molecule has 1 unspecified atom stereocenters. The van der Waals surface area contributed by atoms with Crippen molar-refractivity contribution in [3.63, 3.8) is 0 Å². The molecular weight excluding hydrogens is 198 g/mol. The third kappa shape index (κ3) is 1.67. The first-order valence-corrected chi connectivity index (χ1v) is 6.29. The Kier molecular flexibility index (Phi) is 2.33. The summed E-state index contributed by atoms with van der Waals surface area (Å²) in [4.78, 5) is 0. The lowest BCUT2D eigenvalue weighted by molar-refractivity contribution is 0.562. The predicted octanol–water partition coefficient (Wildman–Crippen LogP) is 1.35. The van der Waals surface area contributed by atoms with Crippen molar-refractivity contribution in [1.82, 2.24) is 0 Å². The molecule has 0 aromatic heterocycles. The minimum absolute atomic E-state index is 0.493. The fraction of sp³-hybridized carbons (Fsp3) is 0.400. The molecule has 0 fully saturated rings. The maximum Gasteiger partial charge on any atom is 0.216 e. The number of sulfonamides is 1. The maximum absolute atomic E-state index is 11.3. The molecule has 14 heavy (non-hydrogen) atoms. The van der Waals surface area contributed by atoms with Crippen LogP contribution in [-0.4, -0.2) is 8.42 Å². The van der Waals surface area contributed by atoms with Gasteiger partial charge in [0, 0.05) is 0 Å². The van der Waals surface area contributed by atoms with E-state index in [9.17, 15) is 8.42 Å². The van der Waals surface area contributed by atoms with Crippen molar-refractivity contribution in [2.24, 2.45) is 5.14 Å². The average Bonchev–Trinajstić information content (AvgIpc) is 2.15. The van der Waals surface area contributed by atoms with E-state index in [1.54, 1.807) is 0 Å². The smallest absolute Gasteiger partial charge is 0.216 e. The molecule has 1 atom stereocenters. The number of aryl methyl sites for hydroxylation is 1. The zero-order valence-electron chi connectivity index (χ0n) is 7.81. The third-order valence-corrected chi connectivity index (χ3v) is 3.99. The van der Waals surface area contributed by atoms with E-state index < -0.39 is 15.3 Å². The van der Waals surface area contributed by atoms with Gasteiger partial charge in [-0.3, -0.25) is 0 Å². The quantitative estimate of drug-likeness (QED) is 0.762. The highest BCUT2D eigenvalue weighted by Crippen LogP contribution is 2.33. The van der Waals surface area contributed by atoms with Gasteiger partial charge >= 0.3 is 0 Å². The summed E-state index contributed by atoms with van der Waals surface area (Å²) in [6.07, 6.45) is 2.51. The van der Waals surface area contributed by atoms with E-state index >= 15 is 0 Å². The van der Waals surface area contributed by atoms with Gasteiger partial charge < -0.3 is 0 Å². The number of fused-ring (bicyclic) bond motifs is 1. The molecule has 76 valence electrons. The van der Waals surface area contributed by atoms with E-state index in [-0.39, 0.29) is 0 Å². The average molecular weight is 211 g/mol. The molecule has 1 aromatic rings. The topological polar surface area (TPSA) is 60.2 Å². The first-order chi connectivity index (χ1) is 6.59. The fourth-order valence-electron chi connectivity index (χ4n) is 2.05. The Morgan fingerprint density at radius 2 is 2.00 bits per heavy atom. The number of benzene rings is 1. The Bertz CT molecular complexity index is 439. The predicted molar refractivity (Wildman–Crippen MR) is 55.2 cm³/mol. The molecule has 2 N–H and O–H groups in total. The molecule has 0 spiro atoms. The van der Waals surface area contributed by atoms with Gasteiger partial charge in [-0.1, -0.05) is 24.3 Å². The van der Waals surface area contributed by atoms with Gasteiger partial charge in [-0.15, -0.1) is 0 Å². The second kappa shape index (κ2) is 3.37. The summed E-state index contributed by atoms with van der Waals surface area (Å²) in [6, 6.07) is 7.64. The summed E-state index contributed by atoms with van der Waals surface area (Å²) in [5.74, 6) is 0. The normalized spacial score (nSPS) is 21.6. The van der Waals surface area contributed by atoms with Gasteiger partial charge in [0.05, 0.1) is 0 Å². The van der Waals surface area contributed by atoms with Crippen molar-refractivity contribution in [2.75, 3.05) is 0 Å². The minimum Gasteiger partial charge on any atom is -0.228 e. The second-order valence-corrected chi connectivity index (χ2v) is 5.42. The van der Waals surface area contributed by atoms with Crippen LogP contribution in [0.1, 0.15) is 29.2 Å². The zero-order valence-corrected chi connectivity index (χ0v) is 8.63. The van der Waals surface area contributed by atoms with E-state index in [0.29, 0.717) is 6.42 Å². The van der Waals surface area contributed by atoms with Gasteiger partial charge in [0.2, 0.25) is 10.0 Å². The van der Waals surface area contributed by atoms with Gasteiger partial charge in [0.1, 0.15) is 5.25 Å². The summed E-state index contributed by atoms with van der Waals surface area (Å²) < 4.78 is 22.7. The molecule has 0 amide bonds. The van der Waals surface area contributed by atoms with Gasteiger partial charge in [-0.2, -0.15) is 0 Å². The molecule has 0 bridgehead atoms. The van der Waals surface area contributed by atoms with Gasteiger partial charge in [-0.25, -0.2) is 13.6 Å². The monoisotopic (exact) mass is 211 g/mol. The Morgan fingerprint density at radius 1 is 1.29 bits per heavy atom. The van der Waals surface area contributed by atoms with Crippen LogP contribution in [0.5, 0.6) is 0 Å². The molecule has 1 aliphatic rings. The minimum atomic E-state index is -3.44. The lowest BCUT2D eigenvalue weighted by atomic mass is 9.91. The van der Waals surface area contributed by atoms with Crippen LogP contribution in [0, 0.1) is 0 Å². The van der Waals surface area contributed by atoms with Crippen molar-refractivity contribution in [2.45, 2.75) is 24.5 Å². The molecule has 0 saturated carbocycles. The van der Waals surface area contributed by atoms with Gasteiger partial charge in [-0.05, 0) is 30.4 Å². The summed E-state index contributed by atoms with van der Waals surface area (Å²) >= 11 is 0. The van der Waals surface area contributed by atoms with Crippen LogP contribution in [0.4, 0.5) is 0 Å². The number of nitrogens with two attached hydrogens (primary N) is 1. The zero-order chi connectivity index (χ0) is 10.2. The Hall–Kier alpha value is -0.870. The molecule has 4 heteroatoms. The standard InChI is InChI=1S/C10H13NO2S/c11-14(12,13)10-7-3-5-8-4-1-2-6-9(8)10/h1-2,4,6,10H,3,5,7H2,(H2,11,12,13). The molecular formula is C10H13NO2S. The van der Waals surface area contributed by atoms with Crippen molar-refractivity contribution in [3.05, 3.63) is 35.4 Å². The van der Waals surface area contributed by atoms with Crippen LogP contribution in [0.25, 0.3) is 0 Å². The van der Waals surface area contributed by atoms with Gasteiger partial charge in [0.15, 0.2) is 0 Å². The summed E-state index contributed by atoms with van der Waals surface area (Å²) in [6.45, 7) is 0. The lowest BCUT2D eigenvalue weighted by Crippen LogP contribution is -2.25. The molecule has 1 aliphatic carbocycles. The fourth-order valence-corrected chi connectivity index (χ4v) is 3.13. The third-order valence-electron chi connectivity index (χ3n) is 2.71. The van der Waals surface area contributed by atoms with Crippen LogP contribution in [-0.2, 0) is 16.4 Å². The van der Waals surface area contributed by atoms with Crippen LogP contribution in [0.2, 0.25) is 0 Å². The largest absolute Gasteiger partial charge is 0.228 e.